The van der Waals surface area contributed by atoms with Gasteiger partial charge < -0.3 is 15.0 Å². The summed E-state index contributed by atoms with van der Waals surface area (Å²) in [5, 5.41) is 3.02. The van der Waals surface area contributed by atoms with Gasteiger partial charge in [-0.25, -0.2) is 0 Å². The number of morpholine rings is 1. The van der Waals surface area contributed by atoms with Crippen LogP contribution in [0.4, 0.5) is 5.69 Å². The molecule has 1 N–H and O–H groups in total. The van der Waals surface area contributed by atoms with Crippen molar-refractivity contribution in [3.8, 4) is 11.1 Å². The highest BCUT2D eigenvalue weighted by molar-refractivity contribution is 5.78. The quantitative estimate of drug-likeness (QED) is 0.695. The molecule has 0 aromatic heterocycles. The van der Waals surface area contributed by atoms with Crippen molar-refractivity contribution >= 4 is 11.6 Å². The van der Waals surface area contributed by atoms with Crippen molar-refractivity contribution in [1.82, 2.24) is 5.32 Å². The monoisotopic (exact) mass is 386 g/mol. The Bertz CT molecular complexity index is 915. The van der Waals surface area contributed by atoms with Crippen LogP contribution in [0.1, 0.15) is 11.1 Å². The molecule has 0 spiro atoms. The van der Waals surface area contributed by atoms with Crippen LogP contribution < -0.4 is 10.2 Å². The van der Waals surface area contributed by atoms with Crippen LogP contribution in [0, 0.1) is 0 Å². The lowest BCUT2D eigenvalue weighted by Crippen LogP contribution is -2.36. The third-order valence-corrected chi connectivity index (χ3v) is 5.23. The van der Waals surface area contributed by atoms with Gasteiger partial charge in [0.15, 0.2) is 0 Å². The van der Waals surface area contributed by atoms with Gasteiger partial charge in [0.05, 0.1) is 19.6 Å². The summed E-state index contributed by atoms with van der Waals surface area (Å²) in [7, 11) is 0. The zero-order chi connectivity index (χ0) is 19.9. The van der Waals surface area contributed by atoms with E-state index in [9.17, 15) is 4.79 Å². The fraction of sp³-hybridized carbons (Fsp3) is 0.240. The summed E-state index contributed by atoms with van der Waals surface area (Å²) in [5.41, 5.74) is 5.68. The molecule has 0 radical (unpaired) electrons. The zero-order valence-corrected chi connectivity index (χ0v) is 16.5. The van der Waals surface area contributed by atoms with Crippen molar-refractivity contribution in [2.24, 2.45) is 0 Å². The van der Waals surface area contributed by atoms with E-state index in [2.05, 4.69) is 58.7 Å². The summed E-state index contributed by atoms with van der Waals surface area (Å²) in [6, 6.07) is 26.9. The second-order valence-electron chi connectivity index (χ2n) is 7.28. The van der Waals surface area contributed by atoms with Crippen molar-refractivity contribution in [1.29, 1.82) is 0 Å². The first-order valence-corrected chi connectivity index (χ1v) is 10.1. The van der Waals surface area contributed by atoms with Gasteiger partial charge in [0.25, 0.3) is 0 Å². The van der Waals surface area contributed by atoms with Gasteiger partial charge in [-0.3, -0.25) is 4.79 Å². The molecule has 4 rings (SSSR count). The predicted octanol–water partition coefficient (Wildman–Crippen LogP) is 4.05. The molecule has 1 saturated heterocycles. The highest BCUT2D eigenvalue weighted by Crippen LogP contribution is 2.19. The molecule has 1 amide bonds. The Kier molecular flexibility index (Phi) is 6.22. The molecular weight excluding hydrogens is 360 g/mol. The Balaban J connectivity index is 1.27. The van der Waals surface area contributed by atoms with Gasteiger partial charge >= 0.3 is 0 Å². The van der Waals surface area contributed by atoms with E-state index in [-0.39, 0.29) is 5.91 Å². The number of amides is 1. The van der Waals surface area contributed by atoms with E-state index < -0.39 is 0 Å². The number of carbonyl (C=O) groups is 1. The number of carbonyl (C=O) groups excluding carboxylic acids is 1. The second-order valence-corrected chi connectivity index (χ2v) is 7.28. The lowest BCUT2D eigenvalue weighted by Gasteiger charge is -2.28. The average molecular weight is 386 g/mol. The maximum atomic E-state index is 12.3. The smallest absolute Gasteiger partial charge is 0.224 e. The topological polar surface area (TPSA) is 41.6 Å². The number of ether oxygens (including phenoxy) is 1. The third-order valence-electron chi connectivity index (χ3n) is 5.23. The normalized spacial score (nSPS) is 13.9. The number of nitrogens with one attached hydrogen (secondary N) is 1. The van der Waals surface area contributed by atoms with Crippen LogP contribution in [0.5, 0.6) is 0 Å². The fourth-order valence-electron chi connectivity index (χ4n) is 3.54. The largest absolute Gasteiger partial charge is 0.378 e. The van der Waals surface area contributed by atoms with Crippen LogP contribution in [0.25, 0.3) is 11.1 Å². The van der Waals surface area contributed by atoms with Crippen molar-refractivity contribution in [3.05, 3.63) is 90.0 Å². The minimum Gasteiger partial charge on any atom is -0.378 e. The molecule has 0 saturated carbocycles. The minimum absolute atomic E-state index is 0.0368. The number of benzene rings is 3. The Morgan fingerprint density at radius 3 is 2.10 bits per heavy atom. The Hall–Kier alpha value is -3.11. The van der Waals surface area contributed by atoms with Gasteiger partial charge in [-0.1, -0.05) is 66.7 Å². The van der Waals surface area contributed by atoms with E-state index in [1.54, 1.807) is 0 Å². The lowest BCUT2D eigenvalue weighted by atomic mass is 10.0. The molecule has 4 heteroatoms. The molecule has 1 heterocycles. The van der Waals surface area contributed by atoms with Gasteiger partial charge in [0.1, 0.15) is 0 Å². The number of anilines is 1. The summed E-state index contributed by atoms with van der Waals surface area (Å²) in [6.45, 7) is 3.97. The summed E-state index contributed by atoms with van der Waals surface area (Å²) >= 11 is 0. The fourth-order valence-corrected chi connectivity index (χ4v) is 3.54. The first-order chi connectivity index (χ1) is 14.3. The molecule has 1 aliphatic heterocycles. The van der Waals surface area contributed by atoms with Crippen molar-refractivity contribution in [2.45, 2.75) is 13.0 Å². The van der Waals surface area contributed by atoms with Crippen molar-refractivity contribution < 1.29 is 9.53 Å². The Labute approximate surface area is 172 Å². The van der Waals surface area contributed by atoms with E-state index in [1.807, 2.05) is 30.3 Å². The van der Waals surface area contributed by atoms with Crippen LogP contribution in [-0.4, -0.2) is 32.2 Å². The molecule has 1 aliphatic rings. The van der Waals surface area contributed by atoms with Gasteiger partial charge in [0, 0.05) is 25.3 Å². The lowest BCUT2D eigenvalue weighted by molar-refractivity contribution is -0.120. The highest BCUT2D eigenvalue weighted by Gasteiger charge is 2.11. The Morgan fingerprint density at radius 2 is 1.41 bits per heavy atom. The van der Waals surface area contributed by atoms with Crippen LogP contribution in [-0.2, 0) is 22.5 Å². The first-order valence-electron chi connectivity index (χ1n) is 10.1. The van der Waals surface area contributed by atoms with E-state index in [1.165, 1.54) is 11.3 Å². The van der Waals surface area contributed by atoms with E-state index in [4.69, 9.17) is 4.74 Å². The van der Waals surface area contributed by atoms with Gasteiger partial charge in [-0.15, -0.1) is 0 Å². The van der Waals surface area contributed by atoms with Gasteiger partial charge in [-0.2, -0.15) is 0 Å². The van der Waals surface area contributed by atoms with Crippen LogP contribution >= 0.6 is 0 Å². The van der Waals surface area contributed by atoms with Gasteiger partial charge in [-0.05, 0) is 34.4 Å². The summed E-state index contributed by atoms with van der Waals surface area (Å²) < 4.78 is 5.40. The average Bonchev–Trinajstić information content (AvgIpc) is 2.80. The van der Waals surface area contributed by atoms with Crippen molar-refractivity contribution in [3.63, 3.8) is 0 Å². The molecular formula is C25H26N2O2. The minimum atomic E-state index is 0.0368. The summed E-state index contributed by atoms with van der Waals surface area (Å²) in [5.74, 6) is 0.0368. The molecule has 4 nitrogen and oxygen atoms in total. The van der Waals surface area contributed by atoms with Crippen LogP contribution in [0.2, 0.25) is 0 Å². The maximum Gasteiger partial charge on any atom is 0.224 e. The molecule has 1 fully saturated rings. The molecule has 148 valence electrons. The maximum absolute atomic E-state index is 12.3. The number of rotatable bonds is 6. The summed E-state index contributed by atoms with van der Waals surface area (Å²) in [4.78, 5) is 14.6. The third kappa shape index (κ3) is 5.24. The van der Waals surface area contributed by atoms with E-state index in [0.717, 1.165) is 43.0 Å². The zero-order valence-electron chi connectivity index (χ0n) is 16.5. The second kappa shape index (κ2) is 9.39. The number of hydrogen-bond donors (Lipinski definition) is 1. The molecule has 29 heavy (non-hydrogen) atoms. The number of nitrogens with zero attached hydrogens (tertiary/aromatic N) is 1. The van der Waals surface area contributed by atoms with Crippen molar-refractivity contribution in [2.75, 3.05) is 31.2 Å². The standard InChI is InChI=1S/C25H26N2O2/c28-25(18-20-6-10-23(11-7-20)22-4-2-1-3-5-22)26-19-21-8-12-24(13-9-21)27-14-16-29-17-15-27/h1-13H,14-19H2,(H,26,28). The molecule has 0 unspecified atom stereocenters. The molecule has 0 atom stereocenters. The number of hydrogen-bond acceptors (Lipinski definition) is 3. The van der Waals surface area contributed by atoms with Crippen LogP contribution in [0.3, 0.4) is 0 Å². The summed E-state index contributed by atoms with van der Waals surface area (Å²) in [6.07, 6.45) is 0.390. The van der Waals surface area contributed by atoms with Crippen LogP contribution in [0.15, 0.2) is 78.9 Å². The molecule has 3 aromatic rings. The SMILES string of the molecule is O=C(Cc1ccc(-c2ccccc2)cc1)NCc1ccc(N2CCOCC2)cc1. The Morgan fingerprint density at radius 1 is 0.793 bits per heavy atom. The molecule has 3 aromatic carbocycles. The predicted molar refractivity (Wildman–Crippen MR) is 117 cm³/mol. The molecule has 0 aliphatic carbocycles. The van der Waals surface area contributed by atoms with Gasteiger partial charge in [0.2, 0.25) is 5.91 Å². The first kappa shape index (κ1) is 19.2. The van der Waals surface area contributed by atoms with E-state index in [0.29, 0.717) is 13.0 Å². The van der Waals surface area contributed by atoms with E-state index >= 15 is 0 Å². The molecule has 0 bridgehead atoms. The highest BCUT2D eigenvalue weighted by atomic mass is 16.5.